The molecule has 0 saturated heterocycles. The van der Waals surface area contributed by atoms with Gasteiger partial charge in [-0.1, -0.05) is 6.92 Å². The molecule has 2 heterocycles. The molecule has 0 aliphatic rings. The smallest absolute Gasteiger partial charge is 0.295 e. The molecule has 0 aromatic carbocycles. The van der Waals surface area contributed by atoms with Gasteiger partial charge in [0.15, 0.2) is 5.69 Å². The minimum Gasteiger partial charge on any atom is -0.492 e. The highest BCUT2D eigenvalue weighted by molar-refractivity contribution is 5.71. The van der Waals surface area contributed by atoms with Crippen LogP contribution in [0.2, 0.25) is 0 Å². The molecule has 0 aliphatic heterocycles. The van der Waals surface area contributed by atoms with Gasteiger partial charge < -0.3 is 10.5 Å². The fraction of sp³-hybridized carbons (Fsp3) is 0.231. The van der Waals surface area contributed by atoms with E-state index in [9.17, 15) is 10.1 Å². The molecule has 0 spiro atoms. The first-order chi connectivity index (χ1) is 9.61. The van der Waals surface area contributed by atoms with Crippen molar-refractivity contribution in [2.24, 2.45) is 0 Å². The Kier molecular flexibility index (Phi) is 4.09. The first-order valence-corrected chi connectivity index (χ1v) is 6.11. The van der Waals surface area contributed by atoms with Crippen molar-refractivity contribution in [3.8, 4) is 17.0 Å². The van der Waals surface area contributed by atoms with Crippen LogP contribution < -0.4 is 10.5 Å². The maximum atomic E-state index is 11.0. The molecule has 0 fully saturated rings. The monoisotopic (exact) mass is 274 g/mol. The summed E-state index contributed by atoms with van der Waals surface area (Å²) in [6, 6.07) is 4.39. The number of nitro groups is 1. The lowest BCUT2D eigenvalue weighted by Crippen LogP contribution is -2.00. The third-order valence-electron chi connectivity index (χ3n) is 2.55. The molecule has 2 rings (SSSR count). The van der Waals surface area contributed by atoms with Crippen LogP contribution in [0.25, 0.3) is 11.3 Å². The highest BCUT2D eigenvalue weighted by atomic mass is 16.6. The van der Waals surface area contributed by atoms with Gasteiger partial charge in [0.1, 0.15) is 11.6 Å². The number of hydrogen-bond donors (Lipinski definition) is 1. The van der Waals surface area contributed by atoms with E-state index in [4.69, 9.17) is 10.5 Å². The van der Waals surface area contributed by atoms with E-state index in [1.807, 2.05) is 6.92 Å². The van der Waals surface area contributed by atoms with Crippen LogP contribution >= 0.6 is 0 Å². The van der Waals surface area contributed by atoms with Gasteiger partial charge in [-0.2, -0.15) is 0 Å². The molecule has 7 nitrogen and oxygen atoms in total. The second-order valence-electron chi connectivity index (χ2n) is 4.12. The van der Waals surface area contributed by atoms with Crippen LogP contribution in [0.3, 0.4) is 0 Å². The molecule has 0 saturated carbocycles. The van der Waals surface area contributed by atoms with Crippen molar-refractivity contribution >= 4 is 11.5 Å². The molecule has 7 heteroatoms. The van der Waals surface area contributed by atoms with E-state index in [0.29, 0.717) is 17.9 Å². The van der Waals surface area contributed by atoms with Gasteiger partial charge in [-0.3, -0.25) is 15.1 Å². The van der Waals surface area contributed by atoms with Crippen molar-refractivity contribution in [2.75, 3.05) is 12.3 Å². The Morgan fingerprint density at radius 2 is 2.20 bits per heavy atom. The van der Waals surface area contributed by atoms with Crippen molar-refractivity contribution < 1.29 is 9.66 Å². The van der Waals surface area contributed by atoms with E-state index >= 15 is 0 Å². The Balaban J connectivity index is 2.45. The average Bonchev–Trinajstić information content (AvgIpc) is 2.45. The molecule has 2 aromatic heterocycles. The Morgan fingerprint density at radius 3 is 2.90 bits per heavy atom. The minimum absolute atomic E-state index is 0.117. The number of nitrogen functional groups attached to an aromatic ring is 1. The lowest BCUT2D eigenvalue weighted by Gasteiger charge is -2.07. The summed E-state index contributed by atoms with van der Waals surface area (Å²) in [7, 11) is 0. The normalized spacial score (nSPS) is 10.2. The zero-order valence-corrected chi connectivity index (χ0v) is 10.9. The summed E-state index contributed by atoms with van der Waals surface area (Å²) in [5.74, 6) is 0.758. The highest BCUT2D eigenvalue weighted by Gasteiger charge is 2.18. The molecule has 0 atom stereocenters. The van der Waals surface area contributed by atoms with E-state index < -0.39 is 4.92 Å². The van der Waals surface area contributed by atoms with Gasteiger partial charge in [0.25, 0.3) is 5.69 Å². The Bertz CT molecular complexity index is 631. The molecule has 0 amide bonds. The molecule has 0 unspecified atom stereocenters. The second kappa shape index (κ2) is 5.96. The van der Waals surface area contributed by atoms with Crippen LogP contribution in [0.15, 0.2) is 30.6 Å². The molecular formula is C13H14N4O3. The fourth-order valence-corrected chi connectivity index (χ4v) is 1.67. The van der Waals surface area contributed by atoms with E-state index in [1.165, 1.54) is 18.3 Å². The number of pyridine rings is 2. The number of nitrogens with two attached hydrogens (primary N) is 1. The van der Waals surface area contributed by atoms with Crippen molar-refractivity contribution in [3.05, 3.63) is 40.7 Å². The van der Waals surface area contributed by atoms with E-state index in [2.05, 4.69) is 9.97 Å². The number of anilines is 1. The molecule has 20 heavy (non-hydrogen) atoms. The van der Waals surface area contributed by atoms with Gasteiger partial charge in [-0.15, -0.1) is 0 Å². The second-order valence-corrected chi connectivity index (χ2v) is 4.12. The zero-order valence-electron chi connectivity index (χ0n) is 10.9. The third kappa shape index (κ3) is 3.00. The number of rotatable bonds is 5. The van der Waals surface area contributed by atoms with Gasteiger partial charge in [0.2, 0.25) is 0 Å². The predicted octanol–water partition coefficient (Wildman–Crippen LogP) is 2.42. The van der Waals surface area contributed by atoms with Crippen LogP contribution in [-0.4, -0.2) is 21.5 Å². The van der Waals surface area contributed by atoms with Crippen molar-refractivity contribution in [1.82, 2.24) is 9.97 Å². The predicted molar refractivity (Wildman–Crippen MR) is 74.3 cm³/mol. The average molecular weight is 274 g/mol. The van der Waals surface area contributed by atoms with E-state index in [-0.39, 0.29) is 17.2 Å². The first kappa shape index (κ1) is 13.7. The number of nitrogens with zero attached hydrogens (tertiary/aromatic N) is 3. The van der Waals surface area contributed by atoms with E-state index in [0.717, 1.165) is 6.42 Å². The van der Waals surface area contributed by atoms with Crippen LogP contribution in [0.4, 0.5) is 11.5 Å². The quantitative estimate of drug-likeness (QED) is 0.663. The number of ether oxygens (including phenoxy) is 1. The minimum atomic E-state index is -0.499. The lowest BCUT2D eigenvalue weighted by molar-refractivity contribution is -0.384. The number of aromatic nitrogens is 2. The summed E-state index contributed by atoms with van der Waals surface area (Å²) in [5, 5.41) is 11.0. The van der Waals surface area contributed by atoms with Crippen LogP contribution in [0, 0.1) is 10.1 Å². The highest BCUT2D eigenvalue weighted by Crippen LogP contribution is 2.30. The van der Waals surface area contributed by atoms with Crippen molar-refractivity contribution in [2.45, 2.75) is 13.3 Å². The SMILES string of the molecule is CCCOc1cncc(-c2nc(N)ccc2[N+](=O)[O-])c1. The summed E-state index contributed by atoms with van der Waals surface area (Å²) < 4.78 is 5.46. The van der Waals surface area contributed by atoms with Gasteiger partial charge in [-0.25, -0.2) is 4.98 Å². The summed E-state index contributed by atoms with van der Waals surface area (Å²) >= 11 is 0. The standard InChI is InChI=1S/C13H14N4O3/c1-2-5-20-10-6-9(7-15-8-10)13-11(17(18)19)3-4-12(14)16-13/h3-4,6-8H,2,5H2,1H3,(H2,14,16). The molecule has 0 radical (unpaired) electrons. The lowest BCUT2D eigenvalue weighted by atomic mass is 10.1. The van der Waals surface area contributed by atoms with Gasteiger partial charge in [-0.05, 0) is 18.6 Å². The summed E-state index contributed by atoms with van der Waals surface area (Å²) in [6.07, 6.45) is 3.91. The number of hydrogen-bond acceptors (Lipinski definition) is 6. The van der Waals surface area contributed by atoms with Gasteiger partial charge in [0.05, 0.1) is 17.7 Å². The maximum Gasteiger partial charge on any atom is 0.295 e. The molecule has 104 valence electrons. The molecule has 0 bridgehead atoms. The van der Waals surface area contributed by atoms with Crippen molar-refractivity contribution in [1.29, 1.82) is 0 Å². The third-order valence-corrected chi connectivity index (χ3v) is 2.55. The topological polar surface area (TPSA) is 104 Å². The van der Waals surface area contributed by atoms with Crippen molar-refractivity contribution in [3.63, 3.8) is 0 Å². The summed E-state index contributed by atoms with van der Waals surface area (Å²) in [5.41, 5.74) is 6.16. The molecule has 0 aliphatic carbocycles. The molecule has 2 aromatic rings. The summed E-state index contributed by atoms with van der Waals surface area (Å²) in [4.78, 5) is 18.6. The van der Waals surface area contributed by atoms with Crippen LogP contribution in [-0.2, 0) is 0 Å². The van der Waals surface area contributed by atoms with Gasteiger partial charge in [0, 0.05) is 17.8 Å². The maximum absolute atomic E-state index is 11.0. The Hall–Kier alpha value is -2.70. The molecular weight excluding hydrogens is 260 g/mol. The van der Waals surface area contributed by atoms with E-state index in [1.54, 1.807) is 12.3 Å². The van der Waals surface area contributed by atoms with Crippen LogP contribution in [0.1, 0.15) is 13.3 Å². The Labute approximate surface area is 115 Å². The van der Waals surface area contributed by atoms with Gasteiger partial charge >= 0.3 is 0 Å². The summed E-state index contributed by atoms with van der Waals surface area (Å²) in [6.45, 7) is 2.54. The largest absolute Gasteiger partial charge is 0.492 e. The zero-order chi connectivity index (χ0) is 14.5. The Morgan fingerprint density at radius 1 is 1.40 bits per heavy atom. The first-order valence-electron chi connectivity index (χ1n) is 6.11. The molecule has 2 N–H and O–H groups in total. The van der Waals surface area contributed by atoms with Crippen LogP contribution in [0.5, 0.6) is 5.75 Å². The fourth-order valence-electron chi connectivity index (χ4n) is 1.67.